The van der Waals surface area contributed by atoms with Crippen LogP contribution in [0.2, 0.25) is 0 Å². The molecule has 1 atom stereocenters. The lowest BCUT2D eigenvalue weighted by molar-refractivity contribution is 0.253. The first-order valence-corrected chi connectivity index (χ1v) is 7.51. The van der Waals surface area contributed by atoms with Gasteiger partial charge in [0.1, 0.15) is 0 Å². The Hall–Kier alpha value is -2.40. The Kier molecular flexibility index (Phi) is 3.08. The number of rotatable bonds is 2. The van der Waals surface area contributed by atoms with E-state index in [1.54, 1.807) is 23.4 Å². The first-order valence-electron chi connectivity index (χ1n) is 7.51. The molecule has 22 heavy (non-hydrogen) atoms. The SMILES string of the molecule is O=C(Nc1cccnc1)N1CCc2cc3c(cc21)CC3CO. The quantitative estimate of drug-likeness (QED) is 0.893. The number of nitrogens with zero attached hydrogens (tertiary/aromatic N) is 2. The van der Waals surface area contributed by atoms with Gasteiger partial charge in [-0.3, -0.25) is 9.88 Å². The van der Waals surface area contributed by atoms with Crippen molar-refractivity contribution in [2.24, 2.45) is 0 Å². The molecule has 2 amide bonds. The highest BCUT2D eigenvalue weighted by atomic mass is 16.3. The van der Waals surface area contributed by atoms with Crippen molar-refractivity contribution in [2.75, 3.05) is 23.4 Å². The van der Waals surface area contributed by atoms with Crippen molar-refractivity contribution in [3.05, 3.63) is 53.3 Å². The number of carbonyl (C=O) groups is 1. The molecule has 2 aliphatic rings. The fraction of sp³-hybridized carbons (Fsp3) is 0.294. The third-order valence-electron chi connectivity index (χ3n) is 4.52. The minimum absolute atomic E-state index is 0.121. The molecule has 1 unspecified atom stereocenters. The molecule has 1 aromatic heterocycles. The lowest BCUT2D eigenvalue weighted by Gasteiger charge is -2.30. The number of hydrogen-bond donors (Lipinski definition) is 2. The van der Waals surface area contributed by atoms with Crippen molar-refractivity contribution < 1.29 is 9.90 Å². The molecule has 2 heterocycles. The summed E-state index contributed by atoms with van der Waals surface area (Å²) in [6.45, 7) is 0.894. The molecule has 5 nitrogen and oxygen atoms in total. The van der Waals surface area contributed by atoms with E-state index in [2.05, 4.69) is 22.4 Å². The third kappa shape index (κ3) is 2.05. The normalized spacial score (nSPS) is 18.4. The highest BCUT2D eigenvalue weighted by molar-refractivity contribution is 6.03. The largest absolute Gasteiger partial charge is 0.396 e. The maximum atomic E-state index is 12.5. The fourth-order valence-corrected chi connectivity index (χ4v) is 3.30. The lowest BCUT2D eigenvalue weighted by Crippen LogP contribution is -2.33. The molecule has 0 fully saturated rings. The zero-order valence-corrected chi connectivity index (χ0v) is 12.1. The van der Waals surface area contributed by atoms with Gasteiger partial charge in [0.25, 0.3) is 0 Å². The number of hydrogen-bond acceptors (Lipinski definition) is 3. The van der Waals surface area contributed by atoms with E-state index in [4.69, 9.17) is 0 Å². The van der Waals surface area contributed by atoms with Crippen molar-refractivity contribution in [2.45, 2.75) is 18.8 Å². The number of carbonyl (C=O) groups excluding carboxylic acids is 1. The number of pyridine rings is 1. The maximum absolute atomic E-state index is 12.5. The molecule has 112 valence electrons. The Morgan fingerprint density at radius 1 is 1.41 bits per heavy atom. The van der Waals surface area contributed by atoms with Gasteiger partial charge in [0, 0.05) is 24.3 Å². The number of urea groups is 1. The van der Waals surface area contributed by atoms with Crippen LogP contribution in [0.3, 0.4) is 0 Å². The van der Waals surface area contributed by atoms with Gasteiger partial charge in [0.2, 0.25) is 0 Å². The van der Waals surface area contributed by atoms with Crippen LogP contribution < -0.4 is 10.2 Å². The zero-order valence-electron chi connectivity index (χ0n) is 12.1. The van der Waals surface area contributed by atoms with E-state index in [1.165, 1.54) is 16.7 Å². The number of aromatic nitrogens is 1. The van der Waals surface area contributed by atoms with Crippen LogP contribution in [-0.4, -0.2) is 29.3 Å². The molecule has 0 saturated carbocycles. The molecule has 0 bridgehead atoms. The Bertz CT molecular complexity index is 730. The van der Waals surface area contributed by atoms with Crippen LogP contribution in [0.1, 0.15) is 22.6 Å². The fourth-order valence-electron chi connectivity index (χ4n) is 3.30. The van der Waals surface area contributed by atoms with Crippen molar-refractivity contribution >= 4 is 17.4 Å². The van der Waals surface area contributed by atoms with Gasteiger partial charge in [0.05, 0.1) is 18.5 Å². The summed E-state index contributed by atoms with van der Waals surface area (Å²) >= 11 is 0. The Labute approximate surface area is 128 Å². The van der Waals surface area contributed by atoms with Crippen LogP contribution in [0.25, 0.3) is 0 Å². The van der Waals surface area contributed by atoms with E-state index in [0.717, 1.165) is 18.5 Å². The predicted molar refractivity (Wildman–Crippen MR) is 84.3 cm³/mol. The van der Waals surface area contributed by atoms with Gasteiger partial charge in [-0.15, -0.1) is 0 Å². The smallest absolute Gasteiger partial charge is 0.326 e. The molecule has 2 aromatic rings. The van der Waals surface area contributed by atoms with Crippen LogP contribution in [-0.2, 0) is 12.8 Å². The average Bonchev–Trinajstić information content (AvgIpc) is 2.93. The van der Waals surface area contributed by atoms with E-state index in [9.17, 15) is 9.90 Å². The van der Waals surface area contributed by atoms with E-state index in [0.29, 0.717) is 12.2 Å². The first-order chi connectivity index (χ1) is 10.8. The summed E-state index contributed by atoms with van der Waals surface area (Å²) in [5.41, 5.74) is 5.38. The standard InChI is InChI=1S/C17H17N3O2/c21-10-13-6-12-8-16-11(7-15(12)13)3-5-20(16)17(22)19-14-2-1-4-18-9-14/h1-2,4,7-9,13,21H,3,5-6,10H2,(H,19,22). The predicted octanol–water partition coefficient (Wildman–Crippen LogP) is 2.31. The number of amides is 2. The Morgan fingerprint density at radius 2 is 2.32 bits per heavy atom. The van der Waals surface area contributed by atoms with Crippen LogP contribution in [0.15, 0.2) is 36.7 Å². The van der Waals surface area contributed by atoms with Gasteiger partial charge in [-0.05, 0) is 47.7 Å². The minimum Gasteiger partial charge on any atom is -0.396 e. The molecule has 1 aliphatic carbocycles. The number of aliphatic hydroxyl groups is 1. The minimum atomic E-state index is -0.121. The Balaban J connectivity index is 1.57. The molecular formula is C17H17N3O2. The second-order valence-corrected chi connectivity index (χ2v) is 5.84. The number of nitrogens with one attached hydrogen (secondary N) is 1. The van der Waals surface area contributed by atoms with Crippen molar-refractivity contribution in [3.63, 3.8) is 0 Å². The van der Waals surface area contributed by atoms with Gasteiger partial charge in [0.15, 0.2) is 0 Å². The highest BCUT2D eigenvalue weighted by Crippen LogP contribution is 2.41. The van der Waals surface area contributed by atoms with Crippen LogP contribution >= 0.6 is 0 Å². The van der Waals surface area contributed by atoms with Gasteiger partial charge in [-0.1, -0.05) is 6.07 Å². The van der Waals surface area contributed by atoms with E-state index in [-0.39, 0.29) is 18.6 Å². The second kappa shape index (κ2) is 5.10. The van der Waals surface area contributed by atoms with Gasteiger partial charge in [-0.25, -0.2) is 4.79 Å². The monoisotopic (exact) mass is 295 g/mol. The molecule has 1 aliphatic heterocycles. The van der Waals surface area contributed by atoms with E-state index in [1.807, 2.05) is 6.07 Å². The molecule has 4 rings (SSSR count). The van der Waals surface area contributed by atoms with Gasteiger partial charge in [-0.2, -0.15) is 0 Å². The summed E-state index contributed by atoms with van der Waals surface area (Å²) in [5, 5.41) is 12.2. The summed E-state index contributed by atoms with van der Waals surface area (Å²) in [4.78, 5) is 18.3. The summed E-state index contributed by atoms with van der Waals surface area (Å²) in [6.07, 6.45) is 5.08. The molecule has 0 radical (unpaired) electrons. The van der Waals surface area contributed by atoms with Gasteiger partial charge >= 0.3 is 6.03 Å². The van der Waals surface area contributed by atoms with Gasteiger partial charge < -0.3 is 10.4 Å². The maximum Gasteiger partial charge on any atom is 0.326 e. The summed E-state index contributed by atoms with van der Waals surface area (Å²) in [7, 11) is 0. The van der Waals surface area contributed by atoms with Crippen molar-refractivity contribution in [1.82, 2.24) is 4.98 Å². The Morgan fingerprint density at radius 3 is 3.09 bits per heavy atom. The molecule has 1 aromatic carbocycles. The highest BCUT2D eigenvalue weighted by Gasteiger charge is 2.32. The summed E-state index contributed by atoms with van der Waals surface area (Å²) < 4.78 is 0. The molecule has 0 spiro atoms. The van der Waals surface area contributed by atoms with Crippen LogP contribution in [0.5, 0.6) is 0 Å². The van der Waals surface area contributed by atoms with Crippen molar-refractivity contribution in [1.29, 1.82) is 0 Å². The number of anilines is 2. The molecular weight excluding hydrogens is 278 g/mol. The average molecular weight is 295 g/mol. The number of benzene rings is 1. The summed E-state index contributed by atoms with van der Waals surface area (Å²) in [5.74, 6) is 0.276. The summed E-state index contributed by atoms with van der Waals surface area (Å²) in [6, 6.07) is 7.76. The number of fused-ring (bicyclic) bond motifs is 2. The van der Waals surface area contributed by atoms with E-state index < -0.39 is 0 Å². The first kappa shape index (κ1) is 13.3. The second-order valence-electron chi connectivity index (χ2n) is 5.84. The third-order valence-corrected chi connectivity index (χ3v) is 4.52. The van der Waals surface area contributed by atoms with E-state index >= 15 is 0 Å². The van der Waals surface area contributed by atoms with Crippen molar-refractivity contribution in [3.8, 4) is 0 Å². The topological polar surface area (TPSA) is 65.5 Å². The molecule has 0 saturated heterocycles. The van der Waals surface area contributed by atoms with Crippen LogP contribution in [0, 0.1) is 0 Å². The molecule has 2 N–H and O–H groups in total. The molecule has 5 heteroatoms. The zero-order chi connectivity index (χ0) is 15.1. The van der Waals surface area contributed by atoms with Crippen LogP contribution in [0.4, 0.5) is 16.2 Å². The lowest BCUT2D eigenvalue weighted by atomic mass is 9.77. The number of aliphatic hydroxyl groups excluding tert-OH is 1.